The van der Waals surface area contributed by atoms with Crippen molar-refractivity contribution in [2.45, 2.75) is 26.4 Å². The Balaban J connectivity index is 1.68. The number of esters is 1. The van der Waals surface area contributed by atoms with Gasteiger partial charge in [-0.05, 0) is 44.2 Å². The minimum Gasteiger partial charge on any atom is -0.472 e. The van der Waals surface area contributed by atoms with Crippen molar-refractivity contribution >= 4 is 26.5 Å². The Hall–Kier alpha value is -2.85. The van der Waals surface area contributed by atoms with Crippen molar-refractivity contribution in [1.82, 2.24) is 0 Å². The summed E-state index contributed by atoms with van der Waals surface area (Å²) in [6.45, 7) is 5.87. The number of aryl methyl sites for hydroxylation is 1. The molecule has 0 radical (unpaired) electrons. The Bertz CT molecular complexity index is 1100. The molecule has 2 aromatic heterocycles. The van der Waals surface area contributed by atoms with Gasteiger partial charge in [-0.15, -0.1) is 0 Å². The average Bonchev–Trinajstić information content (AvgIpc) is 3.29. The number of hydrogen-bond acceptors (Lipinski definition) is 3. The normalized spacial score (nSPS) is 12.3. The molecule has 4 rings (SSSR count). The summed E-state index contributed by atoms with van der Waals surface area (Å²) in [7, 11) is -0.152. The number of rotatable bonds is 4. The average molecular weight is 377 g/mol. The van der Waals surface area contributed by atoms with Crippen LogP contribution in [0.15, 0.2) is 77.6 Å². The quantitative estimate of drug-likeness (QED) is 0.298. The van der Waals surface area contributed by atoms with Gasteiger partial charge in [-0.3, -0.25) is 0 Å². The molecule has 136 valence electrons. The summed E-state index contributed by atoms with van der Waals surface area (Å²) in [4.78, 5) is 15.2. The van der Waals surface area contributed by atoms with Crippen molar-refractivity contribution in [2.24, 2.45) is 0 Å². The van der Waals surface area contributed by atoms with Crippen LogP contribution in [0.25, 0.3) is 15.0 Å². The van der Waals surface area contributed by atoms with Gasteiger partial charge in [0.2, 0.25) is 0 Å². The minimum atomic E-state index is -0.752. The zero-order chi connectivity index (χ0) is 19.0. The van der Waals surface area contributed by atoms with Crippen LogP contribution in [0.4, 0.5) is 0 Å². The van der Waals surface area contributed by atoms with Crippen LogP contribution in [0.5, 0.6) is 0 Å². The molecule has 0 aliphatic heterocycles. The van der Waals surface area contributed by atoms with Crippen molar-refractivity contribution in [1.29, 1.82) is 0 Å². The topological polar surface area (TPSA) is 39.4 Å². The van der Waals surface area contributed by atoms with Gasteiger partial charge in [0.25, 0.3) is 0 Å². The Labute approximate surface area is 161 Å². The van der Waals surface area contributed by atoms with Crippen molar-refractivity contribution < 1.29 is 13.9 Å². The second-order valence-electron chi connectivity index (χ2n) is 7.04. The Morgan fingerprint density at radius 2 is 1.85 bits per heavy atom. The van der Waals surface area contributed by atoms with Crippen LogP contribution in [0, 0.1) is 6.92 Å². The van der Waals surface area contributed by atoms with Crippen molar-refractivity contribution in [3.05, 3.63) is 89.2 Å². The van der Waals surface area contributed by atoms with Crippen LogP contribution in [0.3, 0.4) is 0 Å². The molecular formula is C23H21O3S+. The maximum absolute atomic E-state index is 12.8. The van der Waals surface area contributed by atoms with E-state index in [1.807, 2.05) is 38.1 Å². The van der Waals surface area contributed by atoms with Gasteiger partial charge in [-0.25, -0.2) is 4.79 Å². The maximum Gasteiger partial charge on any atom is 0.339 e. The maximum atomic E-state index is 12.8. The molecule has 3 nitrogen and oxygen atoms in total. The molecule has 1 unspecified atom stereocenters. The zero-order valence-electron chi connectivity index (χ0n) is 15.6. The molecule has 0 spiro atoms. The highest BCUT2D eigenvalue weighted by Crippen LogP contribution is 2.43. The van der Waals surface area contributed by atoms with E-state index >= 15 is 0 Å². The third kappa shape index (κ3) is 3.28. The van der Waals surface area contributed by atoms with Crippen LogP contribution in [-0.4, -0.2) is 5.97 Å². The fourth-order valence-electron chi connectivity index (χ4n) is 3.26. The van der Waals surface area contributed by atoms with E-state index in [9.17, 15) is 4.79 Å². The SMILES string of the molecule is Cc1cc2ccccc2[s+]1-c1cccc(C(=O)OC(C)(C)c2ccoc2)c1. The van der Waals surface area contributed by atoms with Gasteiger partial charge < -0.3 is 9.15 Å². The van der Waals surface area contributed by atoms with Crippen molar-refractivity contribution in [3.8, 4) is 4.90 Å². The van der Waals surface area contributed by atoms with Gasteiger partial charge in [-0.2, -0.15) is 0 Å². The molecule has 27 heavy (non-hydrogen) atoms. The molecule has 0 aliphatic rings. The van der Waals surface area contributed by atoms with E-state index in [4.69, 9.17) is 9.15 Å². The van der Waals surface area contributed by atoms with Gasteiger partial charge in [0.15, 0.2) is 14.5 Å². The number of carbonyl (C=O) groups excluding carboxylic acids is 1. The lowest BCUT2D eigenvalue weighted by Crippen LogP contribution is -2.25. The Morgan fingerprint density at radius 3 is 2.63 bits per heavy atom. The highest BCUT2D eigenvalue weighted by Gasteiger charge is 2.28. The summed E-state index contributed by atoms with van der Waals surface area (Å²) in [6, 6.07) is 20.2. The smallest absolute Gasteiger partial charge is 0.339 e. The second kappa shape index (κ2) is 6.71. The summed E-state index contributed by atoms with van der Waals surface area (Å²) in [5.41, 5.74) is 0.643. The van der Waals surface area contributed by atoms with Gasteiger partial charge in [0.05, 0.1) is 18.1 Å². The minimum absolute atomic E-state index is 0.152. The standard InChI is InChI=1S/C23H21O3S/c1-16-13-17-7-4-5-10-21(17)27(16)20-9-6-8-18(14-20)22(24)26-23(2,3)19-11-12-25-15-19/h4-15H,1-3H3/q+1. The summed E-state index contributed by atoms with van der Waals surface area (Å²) in [6.07, 6.45) is 3.19. The largest absolute Gasteiger partial charge is 0.472 e. The third-order valence-electron chi connectivity index (χ3n) is 4.69. The van der Waals surface area contributed by atoms with E-state index in [1.165, 1.54) is 15.0 Å². The van der Waals surface area contributed by atoms with E-state index < -0.39 is 5.60 Å². The fraction of sp³-hybridized carbons (Fsp3) is 0.174. The fourth-order valence-corrected chi connectivity index (χ4v) is 5.51. The molecule has 1 atom stereocenters. The first kappa shape index (κ1) is 17.6. The monoisotopic (exact) mass is 377 g/mol. The van der Waals surface area contributed by atoms with Crippen LogP contribution in [0.2, 0.25) is 0 Å². The van der Waals surface area contributed by atoms with E-state index in [-0.39, 0.29) is 16.4 Å². The molecule has 2 heterocycles. The van der Waals surface area contributed by atoms with E-state index in [0.717, 1.165) is 10.5 Å². The van der Waals surface area contributed by atoms with Gasteiger partial charge in [0.1, 0.15) is 5.60 Å². The Kier molecular flexibility index (Phi) is 4.36. The molecule has 0 fully saturated rings. The number of furan rings is 1. The highest BCUT2D eigenvalue weighted by molar-refractivity contribution is 7.45. The van der Waals surface area contributed by atoms with E-state index in [1.54, 1.807) is 12.5 Å². The number of ether oxygens (including phenoxy) is 1. The molecule has 0 amide bonds. The zero-order valence-corrected chi connectivity index (χ0v) is 16.4. The van der Waals surface area contributed by atoms with Crippen molar-refractivity contribution in [2.75, 3.05) is 0 Å². The first-order chi connectivity index (χ1) is 13.0. The number of carbonyl (C=O) groups is 1. The predicted molar refractivity (Wildman–Crippen MR) is 110 cm³/mol. The predicted octanol–water partition coefficient (Wildman–Crippen LogP) is 6.57. The van der Waals surface area contributed by atoms with Gasteiger partial charge in [-0.1, -0.05) is 18.2 Å². The van der Waals surface area contributed by atoms with Gasteiger partial charge in [0, 0.05) is 40.5 Å². The van der Waals surface area contributed by atoms with E-state index in [2.05, 4.69) is 43.3 Å². The lowest BCUT2D eigenvalue weighted by atomic mass is 10.0. The van der Waals surface area contributed by atoms with Crippen LogP contribution in [0.1, 0.15) is 34.6 Å². The molecule has 0 saturated heterocycles. The van der Waals surface area contributed by atoms with Crippen LogP contribution < -0.4 is 0 Å². The molecule has 0 N–H and O–H groups in total. The number of thiophene rings is 1. The lowest BCUT2D eigenvalue weighted by molar-refractivity contribution is -0.00332. The summed E-state index contributed by atoms with van der Waals surface area (Å²) < 4.78 is 12.2. The summed E-state index contributed by atoms with van der Waals surface area (Å²) in [5, 5.41) is 1.26. The van der Waals surface area contributed by atoms with Crippen LogP contribution in [-0.2, 0) is 10.3 Å². The molecule has 4 aromatic rings. The summed E-state index contributed by atoms with van der Waals surface area (Å²) >= 11 is 0. The first-order valence-corrected chi connectivity index (χ1v) is 10.1. The number of benzene rings is 2. The number of hydrogen-bond donors (Lipinski definition) is 0. The van der Waals surface area contributed by atoms with Gasteiger partial charge >= 0.3 is 5.97 Å². The van der Waals surface area contributed by atoms with E-state index in [0.29, 0.717) is 5.56 Å². The molecule has 2 aromatic carbocycles. The van der Waals surface area contributed by atoms with Crippen molar-refractivity contribution in [3.63, 3.8) is 0 Å². The molecule has 0 bridgehead atoms. The molecule has 4 heteroatoms. The second-order valence-corrected chi connectivity index (χ2v) is 9.21. The Morgan fingerprint density at radius 1 is 1.04 bits per heavy atom. The molecule has 0 aliphatic carbocycles. The lowest BCUT2D eigenvalue weighted by Gasteiger charge is -2.23. The van der Waals surface area contributed by atoms with Crippen LogP contribution >= 0.6 is 10.5 Å². The highest BCUT2D eigenvalue weighted by atomic mass is 32.2. The number of fused-ring (bicyclic) bond motifs is 1. The summed E-state index contributed by atoms with van der Waals surface area (Å²) in [5.74, 6) is -0.333. The molecule has 0 saturated carbocycles. The third-order valence-corrected chi connectivity index (χ3v) is 6.99. The molecular weight excluding hydrogens is 356 g/mol. The first-order valence-electron chi connectivity index (χ1n) is 8.83.